The second-order valence-corrected chi connectivity index (χ2v) is 4.57. The standard InChI is InChI=1S/C13H21N3O/c1-10-11(9-14)3-4-13(15-10)16(2)12-5-7-17-8-6-12/h3-4,12H,5-9,14H2,1-2H3. The highest BCUT2D eigenvalue weighted by atomic mass is 16.5. The molecule has 0 amide bonds. The van der Waals surface area contributed by atoms with Crippen LogP contribution in [-0.2, 0) is 11.3 Å². The number of rotatable bonds is 3. The molecule has 2 N–H and O–H groups in total. The fourth-order valence-corrected chi connectivity index (χ4v) is 2.25. The number of hydrogen-bond donors (Lipinski definition) is 1. The fourth-order valence-electron chi connectivity index (χ4n) is 2.25. The highest BCUT2D eigenvalue weighted by molar-refractivity contribution is 5.42. The van der Waals surface area contributed by atoms with Crippen molar-refractivity contribution in [3.8, 4) is 0 Å². The first-order chi connectivity index (χ1) is 8.22. The Morgan fingerprint density at radius 3 is 2.71 bits per heavy atom. The van der Waals surface area contributed by atoms with E-state index in [1.165, 1.54) is 0 Å². The molecule has 4 nitrogen and oxygen atoms in total. The van der Waals surface area contributed by atoms with E-state index < -0.39 is 0 Å². The summed E-state index contributed by atoms with van der Waals surface area (Å²) < 4.78 is 5.38. The molecule has 94 valence electrons. The van der Waals surface area contributed by atoms with Gasteiger partial charge in [0.15, 0.2) is 0 Å². The van der Waals surface area contributed by atoms with E-state index in [0.717, 1.165) is 43.1 Å². The molecule has 2 heterocycles. The van der Waals surface area contributed by atoms with Crippen LogP contribution in [0.25, 0.3) is 0 Å². The minimum atomic E-state index is 0.541. The Labute approximate surface area is 103 Å². The summed E-state index contributed by atoms with van der Waals surface area (Å²) in [4.78, 5) is 6.88. The van der Waals surface area contributed by atoms with Crippen LogP contribution >= 0.6 is 0 Å². The molecule has 0 unspecified atom stereocenters. The Morgan fingerprint density at radius 1 is 1.41 bits per heavy atom. The third-order valence-corrected chi connectivity index (χ3v) is 3.50. The summed E-state index contributed by atoms with van der Waals surface area (Å²) in [6, 6.07) is 4.68. The molecule has 1 saturated heterocycles. The lowest BCUT2D eigenvalue weighted by Gasteiger charge is -2.32. The first kappa shape index (κ1) is 12.3. The molecule has 0 aliphatic carbocycles. The molecule has 1 aromatic heterocycles. The normalized spacial score (nSPS) is 17.1. The summed E-state index contributed by atoms with van der Waals surface area (Å²) in [5.74, 6) is 1.03. The second-order valence-electron chi connectivity index (χ2n) is 4.57. The minimum Gasteiger partial charge on any atom is -0.381 e. The van der Waals surface area contributed by atoms with E-state index in [2.05, 4.69) is 29.1 Å². The van der Waals surface area contributed by atoms with Crippen LogP contribution in [0.5, 0.6) is 0 Å². The van der Waals surface area contributed by atoms with Crippen LogP contribution in [0.2, 0.25) is 0 Å². The molecule has 0 saturated carbocycles. The number of hydrogen-bond acceptors (Lipinski definition) is 4. The first-order valence-corrected chi connectivity index (χ1v) is 6.19. The van der Waals surface area contributed by atoms with E-state index in [-0.39, 0.29) is 0 Å². The quantitative estimate of drug-likeness (QED) is 0.862. The number of nitrogens with two attached hydrogens (primary N) is 1. The van der Waals surface area contributed by atoms with E-state index >= 15 is 0 Å². The zero-order valence-corrected chi connectivity index (χ0v) is 10.6. The number of aryl methyl sites for hydroxylation is 1. The van der Waals surface area contributed by atoms with Crippen LogP contribution in [0.4, 0.5) is 5.82 Å². The van der Waals surface area contributed by atoms with Gasteiger partial charge in [-0.25, -0.2) is 4.98 Å². The third kappa shape index (κ3) is 2.76. The molecule has 4 heteroatoms. The average molecular weight is 235 g/mol. The van der Waals surface area contributed by atoms with Gasteiger partial charge in [-0.3, -0.25) is 0 Å². The van der Waals surface area contributed by atoms with E-state index in [4.69, 9.17) is 10.5 Å². The van der Waals surface area contributed by atoms with Gasteiger partial charge in [-0.05, 0) is 31.4 Å². The molecular weight excluding hydrogens is 214 g/mol. The van der Waals surface area contributed by atoms with Crippen LogP contribution in [0, 0.1) is 6.92 Å². The Kier molecular flexibility index (Phi) is 3.97. The first-order valence-electron chi connectivity index (χ1n) is 6.19. The lowest BCUT2D eigenvalue weighted by Crippen LogP contribution is -2.37. The third-order valence-electron chi connectivity index (χ3n) is 3.50. The van der Waals surface area contributed by atoms with E-state index in [1.807, 2.05) is 6.92 Å². The minimum absolute atomic E-state index is 0.541. The van der Waals surface area contributed by atoms with Gasteiger partial charge >= 0.3 is 0 Å². The number of nitrogens with zero attached hydrogens (tertiary/aromatic N) is 2. The SMILES string of the molecule is Cc1nc(N(C)C2CCOCC2)ccc1CN. The average Bonchev–Trinajstić information content (AvgIpc) is 2.39. The van der Waals surface area contributed by atoms with Crippen LogP contribution < -0.4 is 10.6 Å². The summed E-state index contributed by atoms with van der Waals surface area (Å²) in [5.41, 5.74) is 7.80. The Morgan fingerprint density at radius 2 is 2.12 bits per heavy atom. The number of anilines is 1. The van der Waals surface area contributed by atoms with Crippen molar-refractivity contribution >= 4 is 5.82 Å². The molecule has 1 fully saturated rings. The van der Waals surface area contributed by atoms with E-state index in [9.17, 15) is 0 Å². The van der Waals surface area contributed by atoms with Crippen molar-refractivity contribution in [2.75, 3.05) is 25.2 Å². The van der Waals surface area contributed by atoms with Crippen molar-refractivity contribution in [1.29, 1.82) is 0 Å². The van der Waals surface area contributed by atoms with Gasteiger partial charge in [0, 0.05) is 38.5 Å². The van der Waals surface area contributed by atoms with Crippen molar-refractivity contribution in [2.24, 2.45) is 5.73 Å². The van der Waals surface area contributed by atoms with Gasteiger partial charge in [0.05, 0.1) is 0 Å². The van der Waals surface area contributed by atoms with Crippen molar-refractivity contribution in [3.05, 3.63) is 23.4 Å². The van der Waals surface area contributed by atoms with E-state index in [0.29, 0.717) is 12.6 Å². The molecule has 17 heavy (non-hydrogen) atoms. The topological polar surface area (TPSA) is 51.4 Å². The van der Waals surface area contributed by atoms with Gasteiger partial charge in [0.2, 0.25) is 0 Å². The zero-order valence-electron chi connectivity index (χ0n) is 10.6. The Balaban J connectivity index is 2.12. The van der Waals surface area contributed by atoms with Gasteiger partial charge < -0.3 is 15.4 Å². The second kappa shape index (κ2) is 5.47. The van der Waals surface area contributed by atoms with Crippen LogP contribution in [0.3, 0.4) is 0 Å². The summed E-state index contributed by atoms with van der Waals surface area (Å²) in [7, 11) is 2.11. The van der Waals surface area contributed by atoms with Crippen molar-refractivity contribution in [1.82, 2.24) is 4.98 Å². The molecular formula is C13H21N3O. The van der Waals surface area contributed by atoms with Crippen molar-refractivity contribution in [2.45, 2.75) is 32.4 Å². The van der Waals surface area contributed by atoms with Crippen molar-refractivity contribution in [3.63, 3.8) is 0 Å². The smallest absolute Gasteiger partial charge is 0.128 e. The maximum atomic E-state index is 5.65. The number of ether oxygens (including phenoxy) is 1. The maximum absolute atomic E-state index is 5.65. The largest absolute Gasteiger partial charge is 0.381 e. The zero-order chi connectivity index (χ0) is 12.3. The lowest BCUT2D eigenvalue weighted by molar-refractivity contribution is 0.0853. The molecule has 0 atom stereocenters. The summed E-state index contributed by atoms with van der Waals surface area (Å²) in [5, 5.41) is 0. The predicted molar refractivity (Wildman–Crippen MR) is 69.1 cm³/mol. The van der Waals surface area contributed by atoms with Crippen molar-refractivity contribution < 1.29 is 4.74 Å². The molecule has 1 aliphatic heterocycles. The summed E-state index contributed by atoms with van der Waals surface area (Å²) in [6.45, 7) is 4.29. The highest BCUT2D eigenvalue weighted by Gasteiger charge is 2.19. The van der Waals surface area contributed by atoms with Crippen LogP contribution in [-0.4, -0.2) is 31.3 Å². The molecule has 1 aliphatic rings. The Hall–Kier alpha value is -1.13. The summed E-state index contributed by atoms with van der Waals surface area (Å²) >= 11 is 0. The molecule has 2 rings (SSSR count). The predicted octanol–water partition coefficient (Wildman–Crippen LogP) is 1.46. The Bertz CT molecular complexity index is 375. The molecule has 0 aromatic carbocycles. The maximum Gasteiger partial charge on any atom is 0.128 e. The fraction of sp³-hybridized carbons (Fsp3) is 0.615. The van der Waals surface area contributed by atoms with Gasteiger partial charge in [0.25, 0.3) is 0 Å². The molecule has 0 radical (unpaired) electrons. The van der Waals surface area contributed by atoms with Gasteiger partial charge in [-0.1, -0.05) is 6.07 Å². The summed E-state index contributed by atoms with van der Waals surface area (Å²) in [6.07, 6.45) is 2.16. The monoisotopic (exact) mass is 235 g/mol. The molecule has 1 aromatic rings. The van der Waals surface area contributed by atoms with Gasteiger partial charge in [0.1, 0.15) is 5.82 Å². The lowest BCUT2D eigenvalue weighted by atomic mass is 10.1. The number of aromatic nitrogens is 1. The molecule has 0 spiro atoms. The highest BCUT2D eigenvalue weighted by Crippen LogP contribution is 2.20. The van der Waals surface area contributed by atoms with Gasteiger partial charge in [-0.2, -0.15) is 0 Å². The number of pyridine rings is 1. The van der Waals surface area contributed by atoms with Gasteiger partial charge in [-0.15, -0.1) is 0 Å². The molecule has 0 bridgehead atoms. The van der Waals surface area contributed by atoms with Crippen LogP contribution in [0.15, 0.2) is 12.1 Å². The van der Waals surface area contributed by atoms with Crippen LogP contribution in [0.1, 0.15) is 24.1 Å². The van der Waals surface area contributed by atoms with E-state index in [1.54, 1.807) is 0 Å².